The Morgan fingerprint density at radius 3 is 2.88 bits per heavy atom. The predicted molar refractivity (Wildman–Crippen MR) is 68.4 cm³/mol. The van der Waals surface area contributed by atoms with Crippen molar-refractivity contribution in [3.8, 4) is 5.75 Å². The van der Waals surface area contributed by atoms with Gasteiger partial charge in [-0.15, -0.1) is 0 Å². The zero-order chi connectivity index (χ0) is 11.9. The molecule has 1 heterocycles. The summed E-state index contributed by atoms with van der Waals surface area (Å²) in [4.78, 5) is 0. The molecule has 0 bridgehead atoms. The lowest BCUT2D eigenvalue weighted by molar-refractivity contribution is 0.182. The fourth-order valence-corrected chi connectivity index (χ4v) is 2.00. The van der Waals surface area contributed by atoms with Gasteiger partial charge in [-0.05, 0) is 25.0 Å². The van der Waals surface area contributed by atoms with E-state index in [-0.39, 0.29) is 0 Å². The summed E-state index contributed by atoms with van der Waals surface area (Å²) in [5, 5.41) is 3.59. The molecule has 0 radical (unpaired) electrons. The molecule has 2 rings (SSSR count). The molecule has 0 amide bonds. The molecule has 0 spiro atoms. The van der Waals surface area contributed by atoms with E-state index in [4.69, 9.17) is 9.47 Å². The van der Waals surface area contributed by atoms with Gasteiger partial charge in [0.25, 0.3) is 0 Å². The van der Waals surface area contributed by atoms with Crippen LogP contribution in [0.1, 0.15) is 19.8 Å². The van der Waals surface area contributed by atoms with Crippen LogP contribution < -0.4 is 10.1 Å². The third kappa shape index (κ3) is 4.02. The first-order valence-electron chi connectivity index (χ1n) is 6.40. The largest absolute Gasteiger partial charge is 0.492 e. The van der Waals surface area contributed by atoms with Crippen LogP contribution in [-0.4, -0.2) is 31.9 Å². The fraction of sp³-hybridized carbons (Fsp3) is 0.571. The second-order valence-corrected chi connectivity index (χ2v) is 4.46. The summed E-state index contributed by atoms with van der Waals surface area (Å²) in [5.74, 6) is 0.940. The number of hydrogen-bond donors (Lipinski definition) is 1. The van der Waals surface area contributed by atoms with Gasteiger partial charge in [-0.2, -0.15) is 0 Å². The van der Waals surface area contributed by atoms with Crippen LogP contribution in [0.4, 0.5) is 0 Å². The summed E-state index contributed by atoms with van der Waals surface area (Å²) in [6, 6.07) is 10.9. The van der Waals surface area contributed by atoms with Crippen molar-refractivity contribution in [2.45, 2.75) is 31.8 Å². The fourth-order valence-electron chi connectivity index (χ4n) is 2.00. The van der Waals surface area contributed by atoms with E-state index in [0.29, 0.717) is 12.1 Å². The van der Waals surface area contributed by atoms with Gasteiger partial charge in [0.1, 0.15) is 12.4 Å². The Bertz CT molecular complexity index is 309. The molecule has 1 aromatic carbocycles. The van der Waals surface area contributed by atoms with Crippen molar-refractivity contribution in [1.82, 2.24) is 5.32 Å². The SMILES string of the molecule is CC[C@@H](COc1ccccc1)N[C@H]1CCOC1. The average molecular weight is 235 g/mol. The molecule has 1 aliphatic heterocycles. The van der Waals surface area contributed by atoms with Gasteiger partial charge < -0.3 is 14.8 Å². The Morgan fingerprint density at radius 2 is 2.24 bits per heavy atom. The molecular weight excluding hydrogens is 214 g/mol. The van der Waals surface area contributed by atoms with Crippen LogP contribution in [0.15, 0.2) is 30.3 Å². The van der Waals surface area contributed by atoms with Crippen LogP contribution in [-0.2, 0) is 4.74 Å². The molecule has 1 aromatic rings. The molecular formula is C14H21NO2. The molecule has 1 fully saturated rings. The Kier molecular flexibility index (Phi) is 4.83. The van der Waals surface area contributed by atoms with Gasteiger partial charge in [0.05, 0.1) is 6.61 Å². The number of rotatable bonds is 6. The molecule has 3 heteroatoms. The maximum absolute atomic E-state index is 5.77. The zero-order valence-electron chi connectivity index (χ0n) is 10.4. The second kappa shape index (κ2) is 6.62. The minimum atomic E-state index is 0.405. The Hall–Kier alpha value is -1.06. The highest BCUT2D eigenvalue weighted by Crippen LogP contribution is 2.10. The van der Waals surface area contributed by atoms with Crippen LogP contribution in [0.25, 0.3) is 0 Å². The number of benzene rings is 1. The molecule has 1 aliphatic rings. The minimum absolute atomic E-state index is 0.405. The van der Waals surface area contributed by atoms with E-state index in [1.165, 1.54) is 0 Å². The van der Waals surface area contributed by atoms with Crippen molar-refractivity contribution in [1.29, 1.82) is 0 Å². The molecule has 3 nitrogen and oxygen atoms in total. The van der Waals surface area contributed by atoms with E-state index < -0.39 is 0 Å². The van der Waals surface area contributed by atoms with Crippen molar-refractivity contribution in [2.75, 3.05) is 19.8 Å². The number of para-hydroxylation sites is 1. The standard InChI is InChI=1S/C14H21NO2/c1-2-12(15-13-8-9-16-10-13)11-17-14-6-4-3-5-7-14/h3-7,12-13,15H,2,8-11H2,1H3/t12-,13-/m0/s1. The molecule has 0 aromatic heterocycles. The highest BCUT2D eigenvalue weighted by Gasteiger charge is 2.18. The van der Waals surface area contributed by atoms with Gasteiger partial charge in [0.2, 0.25) is 0 Å². The molecule has 1 N–H and O–H groups in total. The Labute approximate surface area is 103 Å². The molecule has 94 valence electrons. The summed E-state index contributed by atoms with van der Waals surface area (Å²) in [5.41, 5.74) is 0. The molecule has 17 heavy (non-hydrogen) atoms. The average Bonchev–Trinajstić information content (AvgIpc) is 2.88. The van der Waals surface area contributed by atoms with Crippen molar-refractivity contribution < 1.29 is 9.47 Å². The highest BCUT2D eigenvalue weighted by molar-refractivity contribution is 5.20. The van der Waals surface area contributed by atoms with E-state index in [9.17, 15) is 0 Å². The molecule has 1 saturated heterocycles. The number of nitrogens with one attached hydrogen (secondary N) is 1. The number of ether oxygens (including phenoxy) is 2. The Morgan fingerprint density at radius 1 is 1.41 bits per heavy atom. The lowest BCUT2D eigenvalue weighted by atomic mass is 10.2. The Balaban J connectivity index is 1.75. The van der Waals surface area contributed by atoms with Crippen LogP contribution in [0.2, 0.25) is 0 Å². The third-order valence-electron chi connectivity index (χ3n) is 3.09. The van der Waals surface area contributed by atoms with Gasteiger partial charge >= 0.3 is 0 Å². The summed E-state index contributed by atoms with van der Waals surface area (Å²) in [6.07, 6.45) is 2.19. The maximum atomic E-state index is 5.77. The van der Waals surface area contributed by atoms with Crippen LogP contribution in [0, 0.1) is 0 Å². The quantitative estimate of drug-likeness (QED) is 0.820. The maximum Gasteiger partial charge on any atom is 0.119 e. The van der Waals surface area contributed by atoms with Crippen LogP contribution >= 0.6 is 0 Å². The summed E-state index contributed by atoms with van der Waals surface area (Å²) in [7, 11) is 0. The smallest absolute Gasteiger partial charge is 0.119 e. The molecule has 0 aliphatic carbocycles. The molecule has 0 unspecified atom stereocenters. The second-order valence-electron chi connectivity index (χ2n) is 4.46. The van der Waals surface area contributed by atoms with Gasteiger partial charge in [-0.1, -0.05) is 25.1 Å². The molecule has 2 atom stereocenters. The summed E-state index contributed by atoms with van der Waals surface area (Å²) >= 11 is 0. The van der Waals surface area contributed by atoms with Gasteiger partial charge in [0, 0.05) is 18.7 Å². The summed E-state index contributed by atoms with van der Waals surface area (Å²) < 4.78 is 11.1. The summed E-state index contributed by atoms with van der Waals surface area (Å²) in [6.45, 7) is 4.62. The number of hydrogen-bond acceptors (Lipinski definition) is 3. The minimum Gasteiger partial charge on any atom is -0.492 e. The normalized spacial score (nSPS) is 21.4. The monoisotopic (exact) mass is 235 g/mol. The zero-order valence-corrected chi connectivity index (χ0v) is 10.4. The van der Waals surface area contributed by atoms with Gasteiger partial charge in [-0.25, -0.2) is 0 Å². The predicted octanol–water partition coefficient (Wildman–Crippen LogP) is 2.22. The van der Waals surface area contributed by atoms with E-state index in [0.717, 1.165) is 38.4 Å². The van der Waals surface area contributed by atoms with Crippen molar-refractivity contribution in [3.05, 3.63) is 30.3 Å². The van der Waals surface area contributed by atoms with Crippen molar-refractivity contribution >= 4 is 0 Å². The van der Waals surface area contributed by atoms with Gasteiger partial charge in [0.15, 0.2) is 0 Å². The highest BCUT2D eigenvalue weighted by atomic mass is 16.5. The lowest BCUT2D eigenvalue weighted by Crippen LogP contribution is -2.41. The van der Waals surface area contributed by atoms with E-state index in [2.05, 4.69) is 12.2 Å². The first-order chi connectivity index (χ1) is 8.38. The van der Waals surface area contributed by atoms with Crippen LogP contribution in [0.3, 0.4) is 0 Å². The topological polar surface area (TPSA) is 30.5 Å². The molecule has 0 saturated carbocycles. The van der Waals surface area contributed by atoms with E-state index in [1.807, 2.05) is 30.3 Å². The van der Waals surface area contributed by atoms with E-state index in [1.54, 1.807) is 0 Å². The van der Waals surface area contributed by atoms with Crippen LogP contribution in [0.5, 0.6) is 5.75 Å². The third-order valence-corrected chi connectivity index (χ3v) is 3.09. The first kappa shape index (κ1) is 12.4. The van der Waals surface area contributed by atoms with E-state index >= 15 is 0 Å². The van der Waals surface area contributed by atoms with Crippen molar-refractivity contribution in [2.24, 2.45) is 0 Å². The lowest BCUT2D eigenvalue weighted by Gasteiger charge is -2.21. The van der Waals surface area contributed by atoms with Crippen molar-refractivity contribution in [3.63, 3.8) is 0 Å². The first-order valence-corrected chi connectivity index (χ1v) is 6.40. The van der Waals surface area contributed by atoms with Gasteiger partial charge in [-0.3, -0.25) is 0 Å².